The van der Waals surface area contributed by atoms with Crippen LogP contribution in [-0.2, 0) is 0 Å². The summed E-state index contributed by atoms with van der Waals surface area (Å²) in [6.07, 6.45) is 0. The molecule has 0 spiro atoms. The number of amides is 1. The molecule has 0 saturated carbocycles. The molecule has 0 aliphatic rings. The van der Waals surface area contributed by atoms with Crippen molar-refractivity contribution in [1.29, 1.82) is 0 Å². The number of anilines is 1. The first kappa shape index (κ1) is 18.7. The zero-order chi connectivity index (χ0) is 18.6. The average Bonchev–Trinajstić information content (AvgIpc) is 2.48. The number of nitrogens with two attached hydrogens (primary N) is 2. The van der Waals surface area contributed by atoms with E-state index in [0.29, 0.717) is 11.4 Å². The number of thioether (sulfide) groups is 1. The van der Waals surface area contributed by atoms with Gasteiger partial charge in [0.1, 0.15) is 0 Å². The number of nitrogens with zero attached hydrogens (tertiary/aromatic N) is 1. The summed E-state index contributed by atoms with van der Waals surface area (Å²) < 4.78 is 37.3. The molecule has 0 heterocycles. The second kappa shape index (κ2) is 7.47. The highest BCUT2D eigenvalue weighted by molar-refractivity contribution is 8.00. The number of nitrogens with one attached hydrogen (secondary N) is 1. The van der Waals surface area contributed by atoms with Crippen molar-refractivity contribution < 1.29 is 18.0 Å². The molecule has 0 bridgehead atoms. The van der Waals surface area contributed by atoms with Crippen molar-refractivity contribution in [3.63, 3.8) is 0 Å². The standard InChI is InChI=1S/C16H15F3N4OS/c1-9-5-6-11(8-13(9)23-15(20)21)22-14(24)10-3-2-4-12(7-10)25-16(17,18)19/h2-8H,1H3,(H,22,24)(H4,20,21,23). The highest BCUT2D eigenvalue weighted by atomic mass is 32.2. The topological polar surface area (TPSA) is 93.5 Å². The highest BCUT2D eigenvalue weighted by Crippen LogP contribution is 2.37. The molecule has 1 amide bonds. The van der Waals surface area contributed by atoms with Gasteiger partial charge in [0.15, 0.2) is 5.96 Å². The number of guanidine groups is 1. The number of aliphatic imine (C=N–C) groups is 1. The lowest BCUT2D eigenvalue weighted by molar-refractivity contribution is -0.0328. The van der Waals surface area contributed by atoms with Crippen molar-refractivity contribution >= 4 is 35.0 Å². The summed E-state index contributed by atoms with van der Waals surface area (Å²) in [5.41, 5.74) is 8.10. The SMILES string of the molecule is Cc1ccc(NC(=O)c2cccc(SC(F)(F)F)c2)cc1N=C(N)N. The summed E-state index contributed by atoms with van der Waals surface area (Å²) in [5, 5.41) is 2.61. The molecule has 0 atom stereocenters. The van der Waals surface area contributed by atoms with Gasteiger partial charge in [-0.15, -0.1) is 0 Å². The molecule has 2 aromatic carbocycles. The predicted molar refractivity (Wildman–Crippen MR) is 93.0 cm³/mol. The van der Waals surface area contributed by atoms with Crippen LogP contribution in [0.15, 0.2) is 52.4 Å². The molecular formula is C16H15F3N4OS. The normalized spacial score (nSPS) is 11.0. The van der Waals surface area contributed by atoms with E-state index in [4.69, 9.17) is 11.5 Å². The minimum atomic E-state index is -4.42. The number of hydrogen-bond acceptors (Lipinski definition) is 3. The zero-order valence-electron chi connectivity index (χ0n) is 13.1. The number of alkyl halides is 3. The molecule has 0 aliphatic heterocycles. The van der Waals surface area contributed by atoms with Gasteiger partial charge in [0.05, 0.1) is 5.69 Å². The van der Waals surface area contributed by atoms with Gasteiger partial charge in [0.25, 0.3) is 5.91 Å². The van der Waals surface area contributed by atoms with E-state index in [9.17, 15) is 18.0 Å². The zero-order valence-corrected chi connectivity index (χ0v) is 13.9. The van der Waals surface area contributed by atoms with E-state index >= 15 is 0 Å². The Hall–Kier alpha value is -2.68. The Morgan fingerprint density at radius 1 is 1.16 bits per heavy atom. The smallest absolute Gasteiger partial charge is 0.370 e. The van der Waals surface area contributed by atoms with E-state index in [1.165, 1.54) is 24.3 Å². The maximum absolute atomic E-state index is 12.4. The molecule has 9 heteroatoms. The lowest BCUT2D eigenvalue weighted by Gasteiger charge is -2.10. The van der Waals surface area contributed by atoms with Gasteiger partial charge in [-0.05, 0) is 54.6 Å². The van der Waals surface area contributed by atoms with Gasteiger partial charge in [0, 0.05) is 16.1 Å². The molecule has 25 heavy (non-hydrogen) atoms. The van der Waals surface area contributed by atoms with Crippen molar-refractivity contribution in [2.45, 2.75) is 17.3 Å². The van der Waals surface area contributed by atoms with Gasteiger partial charge in [-0.25, -0.2) is 4.99 Å². The molecule has 0 fully saturated rings. The average molecular weight is 368 g/mol. The summed E-state index contributed by atoms with van der Waals surface area (Å²) >= 11 is -0.276. The van der Waals surface area contributed by atoms with Crippen LogP contribution in [-0.4, -0.2) is 17.4 Å². The first-order valence-electron chi connectivity index (χ1n) is 7.01. The molecule has 0 saturated heterocycles. The van der Waals surface area contributed by atoms with Crippen LogP contribution in [0.2, 0.25) is 0 Å². The van der Waals surface area contributed by atoms with Gasteiger partial charge in [0.2, 0.25) is 0 Å². The van der Waals surface area contributed by atoms with Crippen LogP contribution < -0.4 is 16.8 Å². The van der Waals surface area contributed by atoms with Gasteiger partial charge in [-0.1, -0.05) is 12.1 Å². The number of carbonyl (C=O) groups excluding carboxylic acids is 1. The maximum atomic E-state index is 12.4. The summed E-state index contributed by atoms with van der Waals surface area (Å²) in [6, 6.07) is 10.2. The van der Waals surface area contributed by atoms with Crippen molar-refractivity contribution in [3.8, 4) is 0 Å². The minimum absolute atomic E-state index is 0.0646. The Morgan fingerprint density at radius 2 is 1.88 bits per heavy atom. The number of halogens is 3. The maximum Gasteiger partial charge on any atom is 0.446 e. The van der Waals surface area contributed by atoms with Crippen LogP contribution in [0.1, 0.15) is 15.9 Å². The monoisotopic (exact) mass is 368 g/mol. The van der Waals surface area contributed by atoms with Gasteiger partial charge >= 0.3 is 5.51 Å². The second-order valence-electron chi connectivity index (χ2n) is 5.07. The Bertz CT molecular complexity index is 817. The number of aryl methyl sites for hydroxylation is 1. The van der Waals surface area contributed by atoms with Crippen LogP contribution in [0, 0.1) is 6.92 Å². The van der Waals surface area contributed by atoms with Crippen LogP contribution in [0.5, 0.6) is 0 Å². The van der Waals surface area contributed by atoms with E-state index in [0.717, 1.165) is 5.56 Å². The summed E-state index contributed by atoms with van der Waals surface area (Å²) in [6.45, 7) is 1.80. The molecule has 0 aliphatic carbocycles. The van der Waals surface area contributed by atoms with Gasteiger partial charge in [-0.2, -0.15) is 13.2 Å². The Labute approximate surface area is 146 Å². The lowest BCUT2D eigenvalue weighted by atomic mass is 10.1. The molecule has 0 aromatic heterocycles. The molecule has 2 aromatic rings. The molecule has 132 valence electrons. The quantitative estimate of drug-likeness (QED) is 0.435. The fourth-order valence-corrected chi connectivity index (χ4v) is 2.58. The molecule has 2 rings (SSSR count). The molecule has 0 radical (unpaired) electrons. The molecule has 0 unspecified atom stereocenters. The first-order chi connectivity index (χ1) is 11.6. The summed E-state index contributed by atoms with van der Waals surface area (Å²) in [5.74, 6) is -0.660. The van der Waals surface area contributed by atoms with Gasteiger partial charge < -0.3 is 16.8 Å². The van der Waals surface area contributed by atoms with Crippen molar-refractivity contribution in [2.24, 2.45) is 16.5 Å². The van der Waals surface area contributed by atoms with Crippen LogP contribution in [0.3, 0.4) is 0 Å². The Kier molecular flexibility index (Phi) is 5.58. The van der Waals surface area contributed by atoms with Gasteiger partial charge in [-0.3, -0.25) is 4.79 Å². The van der Waals surface area contributed by atoms with Crippen molar-refractivity contribution in [2.75, 3.05) is 5.32 Å². The fraction of sp³-hybridized carbons (Fsp3) is 0.125. The highest BCUT2D eigenvalue weighted by Gasteiger charge is 2.29. The molecular weight excluding hydrogens is 353 g/mol. The minimum Gasteiger partial charge on any atom is -0.370 e. The number of benzene rings is 2. The summed E-state index contributed by atoms with van der Waals surface area (Å²) in [7, 11) is 0. The van der Waals surface area contributed by atoms with E-state index < -0.39 is 11.4 Å². The first-order valence-corrected chi connectivity index (χ1v) is 7.83. The third-order valence-corrected chi connectivity index (χ3v) is 3.77. The lowest BCUT2D eigenvalue weighted by Crippen LogP contribution is -2.22. The van der Waals surface area contributed by atoms with Crippen LogP contribution in [0.25, 0.3) is 0 Å². The van der Waals surface area contributed by atoms with E-state index in [-0.39, 0.29) is 28.2 Å². The van der Waals surface area contributed by atoms with Crippen molar-refractivity contribution in [3.05, 3.63) is 53.6 Å². The Balaban J connectivity index is 2.20. The van der Waals surface area contributed by atoms with Crippen LogP contribution in [0.4, 0.5) is 24.5 Å². The third kappa shape index (κ3) is 5.71. The number of hydrogen-bond donors (Lipinski definition) is 3. The largest absolute Gasteiger partial charge is 0.446 e. The van der Waals surface area contributed by atoms with Crippen molar-refractivity contribution in [1.82, 2.24) is 0 Å². The van der Waals surface area contributed by atoms with E-state index in [1.54, 1.807) is 25.1 Å². The molecule has 5 N–H and O–H groups in total. The number of rotatable bonds is 4. The third-order valence-electron chi connectivity index (χ3n) is 3.05. The van der Waals surface area contributed by atoms with Crippen LogP contribution >= 0.6 is 11.8 Å². The Morgan fingerprint density at radius 3 is 2.52 bits per heavy atom. The van der Waals surface area contributed by atoms with E-state index in [1.807, 2.05) is 0 Å². The predicted octanol–water partition coefficient (Wildman–Crippen LogP) is 3.76. The summed E-state index contributed by atoms with van der Waals surface area (Å²) in [4.78, 5) is 16.1. The number of carbonyl (C=O) groups is 1. The fourth-order valence-electron chi connectivity index (χ4n) is 1.98. The second-order valence-corrected chi connectivity index (χ2v) is 6.21. The van der Waals surface area contributed by atoms with E-state index in [2.05, 4.69) is 10.3 Å². The molecule has 5 nitrogen and oxygen atoms in total.